The zero-order valence-electron chi connectivity index (χ0n) is 24.6. The predicted molar refractivity (Wildman–Crippen MR) is 143 cm³/mol. The van der Waals surface area contributed by atoms with Crippen molar-refractivity contribution in [2.75, 3.05) is 0 Å². The molecule has 0 aromatic heterocycles. The first-order valence-electron chi connectivity index (χ1n) is 14.7. The lowest BCUT2D eigenvalue weighted by Crippen LogP contribution is -2.77. The summed E-state index contributed by atoms with van der Waals surface area (Å²) in [7, 11) is 0. The van der Waals surface area contributed by atoms with Crippen LogP contribution in [0, 0.1) is 28.6 Å². The van der Waals surface area contributed by atoms with E-state index < -0.39 is 17.1 Å². The monoisotopic (exact) mass is 506 g/mol. The number of Topliss-reactive ketones (excluding diaryl/α,β-unsaturated/α-hetero) is 1. The molecule has 0 aromatic rings. The van der Waals surface area contributed by atoms with Crippen LogP contribution >= 0.6 is 0 Å². The second-order valence-corrected chi connectivity index (χ2v) is 14.9. The third kappa shape index (κ3) is 4.23. The molecule has 3 saturated heterocycles. The van der Waals surface area contributed by atoms with Crippen LogP contribution in [0.1, 0.15) is 127 Å². The van der Waals surface area contributed by atoms with Crippen LogP contribution in [-0.4, -0.2) is 50.6 Å². The molecule has 0 radical (unpaired) electrons. The van der Waals surface area contributed by atoms with E-state index in [-0.39, 0.29) is 34.2 Å². The zero-order valence-corrected chi connectivity index (χ0v) is 24.6. The van der Waals surface area contributed by atoms with Crippen molar-refractivity contribution in [3.63, 3.8) is 0 Å². The Bertz CT molecular complexity index is 846. The maximum Gasteiger partial charge on any atom is 0.139 e. The van der Waals surface area contributed by atoms with E-state index in [1.165, 1.54) is 0 Å². The number of carbonyl (C=O) groups is 1. The third-order valence-corrected chi connectivity index (χ3v) is 12.2. The van der Waals surface area contributed by atoms with E-state index in [1.54, 1.807) is 13.8 Å². The summed E-state index contributed by atoms with van der Waals surface area (Å²) in [6, 6.07) is 0. The Morgan fingerprint density at radius 3 is 2.31 bits per heavy atom. The van der Waals surface area contributed by atoms with E-state index in [0.717, 1.165) is 44.9 Å². The van der Waals surface area contributed by atoms with Crippen molar-refractivity contribution in [3.8, 4) is 0 Å². The molecule has 5 heteroatoms. The van der Waals surface area contributed by atoms with Gasteiger partial charge in [-0.25, -0.2) is 0 Å². The van der Waals surface area contributed by atoms with Gasteiger partial charge in [-0.05, 0) is 110 Å². The van der Waals surface area contributed by atoms with Crippen LogP contribution in [0.25, 0.3) is 0 Å². The molecule has 1 spiro atoms. The highest BCUT2D eigenvalue weighted by molar-refractivity contribution is 5.85. The van der Waals surface area contributed by atoms with Crippen molar-refractivity contribution in [1.82, 2.24) is 0 Å². The highest BCUT2D eigenvalue weighted by atomic mass is 16.6. The van der Waals surface area contributed by atoms with Gasteiger partial charge < -0.3 is 19.7 Å². The zero-order chi connectivity index (χ0) is 26.9. The molecular weight excluding hydrogens is 452 g/mol. The summed E-state index contributed by atoms with van der Waals surface area (Å²) >= 11 is 0. The summed E-state index contributed by atoms with van der Waals surface area (Å²) in [6.45, 7) is 19.2. The second kappa shape index (κ2) is 9.03. The lowest BCUT2D eigenvalue weighted by Gasteiger charge is -2.71. The molecular formula is C31H54O5. The minimum Gasteiger partial charge on any atom is -0.390 e. The molecule has 5 nitrogen and oxygen atoms in total. The van der Waals surface area contributed by atoms with Crippen molar-refractivity contribution in [3.05, 3.63) is 0 Å². The predicted octanol–water partition coefficient (Wildman–Crippen LogP) is 6.22. The SMILES string of the molecule is C[C@H]1CCC(=O)[C@@](C)(CCC(O)C(C)(C)O)[C@H]1CC[C@]1(C)[C@@H](C)CC[C@@H]2OC3(C)CCC21OC3(C)C. The second-order valence-electron chi connectivity index (χ2n) is 14.9. The minimum atomic E-state index is -1.16. The summed E-state index contributed by atoms with van der Waals surface area (Å²) in [5.41, 5.74) is -2.48. The fraction of sp³-hybridized carbons (Fsp3) is 0.968. The van der Waals surface area contributed by atoms with Gasteiger partial charge in [-0.2, -0.15) is 0 Å². The molecule has 36 heavy (non-hydrogen) atoms. The smallest absolute Gasteiger partial charge is 0.139 e. The third-order valence-electron chi connectivity index (χ3n) is 12.2. The number of ether oxygens (including phenoxy) is 2. The number of hydrogen-bond acceptors (Lipinski definition) is 5. The number of carbonyl (C=O) groups excluding carboxylic acids is 1. The number of rotatable bonds is 7. The van der Waals surface area contributed by atoms with Gasteiger partial charge in [-0.15, -0.1) is 0 Å². The maximum atomic E-state index is 13.4. The molecule has 2 bridgehead atoms. The summed E-state index contributed by atoms with van der Waals surface area (Å²) in [4.78, 5) is 13.4. The summed E-state index contributed by atoms with van der Waals surface area (Å²) in [6.07, 6.45) is 8.24. The molecule has 2 aliphatic carbocycles. The van der Waals surface area contributed by atoms with Crippen LogP contribution in [0.5, 0.6) is 0 Å². The Hall–Kier alpha value is -0.490. The average Bonchev–Trinajstić information content (AvgIpc) is 2.77. The van der Waals surface area contributed by atoms with Crippen molar-refractivity contribution >= 4 is 5.78 Å². The van der Waals surface area contributed by atoms with Crippen LogP contribution in [0.15, 0.2) is 0 Å². The van der Waals surface area contributed by atoms with Crippen molar-refractivity contribution in [2.24, 2.45) is 28.6 Å². The molecule has 2 N–H and O–H groups in total. The molecule has 3 heterocycles. The van der Waals surface area contributed by atoms with Gasteiger partial charge in [0.15, 0.2) is 0 Å². The summed E-state index contributed by atoms with van der Waals surface area (Å²) in [5, 5.41) is 20.8. The molecule has 0 aromatic carbocycles. The number of aliphatic hydroxyl groups is 2. The van der Waals surface area contributed by atoms with E-state index in [1.807, 2.05) is 0 Å². The van der Waals surface area contributed by atoms with Crippen molar-refractivity contribution in [2.45, 2.75) is 161 Å². The fourth-order valence-corrected chi connectivity index (χ4v) is 8.69. The lowest BCUT2D eigenvalue weighted by molar-refractivity contribution is -0.414. The highest BCUT2D eigenvalue weighted by Crippen LogP contribution is 2.65. The summed E-state index contributed by atoms with van der Waals surface area (Å²) < 4.78 is 14.0. The molecule has 3 aliphatic heterocycles. The molecule has 9 atom stereocenters. The van der Waals surface area contributed by atoms with Crippen LogP contribution in [0.2, 0.25) is 0 Å². The van der Waals surface area contributed by atoms with Crippen LogP contribution in [-0.2, 0) is 14.3 Å². The van der Waals surface area contributed by atoms with Gasteiger partial charge in [0.1, 0.15) is 11.4 Å². The van der Waals surface area contributed by atoms with Crippen LogP contribution in [0.3, 0.4) is 0 Å². The van der Waals surface area contributed by atoms with Gasteiger partial charge in [-0.3, -0.25) is 4.79 Å². The Morgan fingerprint density at radius 2 is 1.69 bits per heavy atom. The van der Waals surface area contributed by atoms with Gasteiger partial charge in [0.2, 0.25) is 0 Å². The number of hydrogen-bond donors (Lipinski definition) is 2. The Balaban J connectivity index is 1.59. The summed E-state index contributed by atoms with van der Waals surface area (Å²) in [5.74, 6) is 1.57. The van der Waals surface area contributed by atoms with E-state index in [4.69, 9.17) is 9.47 Å². The van der Waals surface area contributed by atoms with Crippen LogP contribution < -0.4 is 0 Å². The standard InChI is InChI=1S/C31H54O5/c1-20-10-12-24(33)28(7,16-15-23(32)26(3,4)34)22(20)14-17-29(8)21(2)11-13-25-31(29)19-18-30(9,35-25)27(5,6)36-31/h20-23,25,32,34H,10-19H2,1-9H3/t20-,21-,22-,23?,25-,28-,29+,30?,31?/m0/s1. The van der Waals surface area contributed by atoms with E-state index in [9.17, 15) is 15.0 Å². The van der Waals surface area contributed by atoms with Crippen molar-refractivity contribution in [1.29, 1.82) is 0 Å². The van der Waals surface area contributed by atoms with E-state index >= 15 is 0 Å². The molecule has 0 amide bonds. The molecule has 208 valence electrons. The molecule has 5 aliphatic rings. The first-order chi connectivity index (χ1) is 16.4. The van der Waals surface area contributed by atoms with E-state index in [2.05, 4.69) is 48.5 Å². The quantitative estimate of drug-likeness (QED) is 0.429. The largest absolute Gasteiger partial charge is 0.390 e. The highest BCUT2D eigenvalue weighted by Gasteiger charge is 2.70. The topological polar surface area (TPSA) is 76.0 Å². The van der Waals surface area contributed by atoms with Crippen molar-refractivity contribution < 1.29 is 24.5 Å². The van der Waals surface area contributed by atoms with E-state index in [0.29, 0.717) is 36.9 Å². The van der Waals surface area contributed by atoms with Gasteiger partial charge in [0.25, 0.3) is 0 Å². The van der Waals surface area contributed by atoms with Crippen LogP contribution in [0.4, 0.5) is 0 Å². The molecule has 5 fully saturated rings. The van der Waals surface area contributed by atoms with Gasteiger partial charge in [0.05, 0.1) is 29.0 Å². The normalized spacial score (nSPS) is 47.5. The van der Waals surface area contributed by atoms with Gasteiger partial charge >= 0.3 is 0 Å². The number of aliphatic hydroxyl groups excluding tert-OH is 1. The van der Waals surface area contributed by atoms with Gasteiger partial charge in [0, 0.05) is 17.3 Å². The number of fused-ring (bicyclic) bond motifs is 2. The Morgan fingerprint density at radius 1 is 1.03 bits per heavy atom. The fourth-order valence-electron chi connectivity index (χ4n) is 8.69. The molecule has 3 unspecified atom stereocenters. The number of ketones is 1. The molecule has 2 saturated carbocycles. The molecule has 5 rings (SSSR count). The average molecular weight is 507 g/mol. The first-order valence-corrected chi connectivity index (χ1v) is 14.7. The lowest BCUT2D eigenvalue weighted by atomic mass is 9.49. The first kappa shape index (κ1) is 28.5. The maximum absolute atomic E-state index is 13.4. The van der Waals surface area contributed by atoms with Gasteiger partial charge in [-0.1, -0.05) is 27.7 Å². The Labute approximate surface area is 220 Å². The Kier molecular flexibility index (Phi) is 7.15. The minimum absolute atomic E-state index is 0.0251.